The van der Waals surface area contributed by atoms with Gasteiger partial charge in [-0.2, -0.15) is 11.8 Å². The quantitative estimate of drug-likeness (QED) is 0.859. The number of carboxylic acid groups (broad SMARTS) is 1. The Morgan fingerprint density at radius 2 is 2.19 bits per heavy atom. The van der Waals surface area contributed by atoms with E-state index in [1.165, 1.54) is 11.8 Å². The Labute approximate surface area is 123 Å². The molecule has 1 aliphatic heterocycles. The maximum Gasteiger partial charge on any atom is 0.330 e. The van der Waals surface area contributed by atoms with Crippen LogP contribution >= 0.6 is 11.8 Å². The van der Waals surface area contributed by atoms with E-state index in [1.807, 2.05) is 0 Å². The molecule has 1 amide bonds. The van der Waals surface area contributed by atoms with Gasteiger partial charge in [-0.3, -0.25) is 4.79 Å². The molecule has 0 unspecified atom stereocenters. The third-order valence-electron chi connectivity index (χ3n) is 3.06. The van der Waals surface area contributed by atoms with E-state index in [0.29, 0.717) is 18.2 Å². The van der Waals surface area contributed by atoms with Crippen LogP contribution in [-0.2, 0) is 9.59 Å². The van der Waals surface area contributed by atoms with E-state index >= 15 is 0 Å². The fourth-order valence-corrected chi connectivity index (χ4v) is 3.25. The fourth-order valence-electron chi connectivity index (χ4n) is 1.92. The van der Waals surface area contributed by atoms with Gasteiger partial charge in [0.1, 0.15) is 11.4 Å². The molecule has 8 heteroatoms. The molecule has 0 aromatic heterocycles. The number of amides is 1. The molecule has 2 rings (SSSR count). The van der Waals surface area contributed by atoms with Crippen LogP contribution in [0, 0.1) is 11.6 Å². The molecule has 0 aliphatic carbocycles. The smallest absolute Gasteiger partial charge is 0.330 e. The van der Waals surface area contributed by atoms with E-state index in [0.717, 1.165) is 12.1 Å². The van der Waals surface area contributed by atoms with Crippen LogP contribution < -0.4 is 10.1 Å². The predicted molar refractivity (Wildman–Crippen MR) is 72.3 cm³/mol. The largest absolute Gasteiger partial charge is 0.481 e. The van der Waals surface area contributed by atoms with Crippen LogP contribution in [0.3, 0.4) is 0 Å². The molecule has 1 saturated heterocycles. The van der Waals surface area contributed by atoms with E-state index in [-0.39, 0.29) is 11.5 Å². The Morgan fingerprint density at radius 3 is 2.76 bits per heavy atom. The highest BCUT2D eigenvalue weighted by atomic mass is 32.2. The van der Waals surface area contributed by atoms with Gasteiger partial charge in [0.2, 0.25) is 0 Å². The van der Waals surface area contributed by atoms with E-state index < -0.39 is 35.7 Å². The lowest BCUT2D eigenvalue weighted by atomic mass is 9.99. The highest BCUT2D eigenvalue weighted by molar-refractivity contribution is 7.99. The molecule has 1 aromatic rings. The highest BCUT2D eigenvalue weighted by Gasteiger charge is 2.43. The van der Waals surface area contributed by atoms with Gasteiger partial charge in [0.05, 0.1) is 0 Å². The van der Waals surface area contributed by atoms with Crippen LogP contribution in [0.5, 0.6) is 5.75 Å². The zero-order valence-corrected chi connectivity index (χ0v) is 11.7. The first-order valence-electron chi connectivity index (χ1n) is 6.13. The number of carbonyl (C=O) groups excluding carboxylic acids is 1. The Kier molecular flexibility index (Phi) is 4.66. The number of hydrogen-bond donors (Lipinski definition) is 2. The molecule has 5 nitrogen and oxygen atoms in total. The number of carbonyl (C=O) groups is 2. The number of hydrogen-bond acceptors (Lipinski definition) is 4. The van der Waals surface area contributed by atoms with E-state index in [2.05, 4.69) is 5.32 Å². The van der Waals surface area contributed by atoms with E-state index in [9.17, 15) is 23.5 Å². The third kappa shape index (κ3) is 3.63. The third-order valence-corrected chi connectivity index (χ3v) is 4.25. The number of carboxylic acids is 1. The van der Waals surface area contributed by atoms with E-state index in [1.54, 1.807) is 0 Å². The minimum absolute atomic E-state index is 0.267. The average Bonchev–Trinajstić information content (AvgIpc) is 2.87. The molecule has 1 aliphatic rings. The van der Waals surface area contributed by atoms with Gasteiger partial charge in [0, 0.05) is 11.8 Å². The maximum atomic E-state index is 13.3. The molecule has 2 N–H and O–H groups in total. The van der Waals surface area contributed by atoms with Gasteiger partial charge in [-0.05, 0) is 24.3 Å². The zero-order chi connectivity index (χ0) is 15.5. The second-order valence-corrected chi connectivity index (χ2v) is 5.71. The first-order chi connectivity index (χ1) is 9.93. The minimum Gasteiger partial charge on any atom is -0.481 e. The summed E-state index contributed by atoms with van der Waals surface area (Å²) in [4.78, 5) is 23.0. The lowest BCUT2D eigenvalue weighted by Crippen LogP contribution is -2.55. The van der Waals surface area contributed by atoms with Crippen LogP contribution in [0.25, 0.3) is 0 Å². The van der Waals surface area contributed by atoms with Gasteiger partial charge in [-0.15, -0.1) is 0 Å². The molecule has 1 atom stereocenters. The second-order valence-electron chi connectivity index (χ2n) is 4.60. The summed E-state index contributed by atoms with van der Waals surface area (Å²) in [5.74, 6) is -2.79. The summed E-state index contributed by atoms with van der Waals surface area (Å²) < 4.78 is 31.0. The maximum absolute atomic E-state index is 13.3. The van der Waals surface area contributed by atoms with Gasteiger partial charge in [-0.1, -0.05) is 0 Å². The van der Waals surface area contributed by atoms with Crippen molar-refractivity contribution < 1.29 is 28.2 Å². The fraction of sp³-hybridized carbons (Fsp3) is 0.385. The van der Waals surface area contributed by atoms with Crippen LogP contribution in [0.15, 0.2) is 18.2 Å². The lowest BCUT2D eigenvalue weighted by Gasteiger charge is -2.24. The van der Waals surface area contributed by atoms with Crippen LogP contribution in [-0.4, -0.2) is 40.6 Å². The molecule has 0 spiro atoms. The Morgan fingerprint density at radius 1 is 1.43 bits per heavy atom. The number of benzene rings is 1. The minimum atomic E-state index is -1.30. The van der Waals surface area contributed by atoms with Gasteiger partial charge in [0.15, 0.2) is 18.2 Å². The molecular weight excluding hydrogens is 304 g/mol. The van der Waals surface area contributed by atoms with Crippen molar-refractivity contribution in [3.8, 4) is 5.75 Å². The summed E-state index contributed by atoms with van der Waals surface area (Å²) in [6.07, 6.45) is 0.323. The van der Waals surface area contributed by atoms with Gasteiger partial charge in [-0.25, -0.2) is 13.6 Å². The second kappa shape index (κ2) is 6.30. The van der Waals surface area contributed by atoms with Gasteiger partial charge < -0.3 is 15.2 Å². The van der Waals surface area contributed by atoms with Crippen molar-refractivity contribution in [1.29, 1.82) is 0 Å². The Hall–Kier alpha value is -1.83. The summed E-state index contributed by atoms with van der Waals surface area (Å²) in [6.45, 7) is -0.539. The molecular formula is C13H13F2NO4S. The van der Waals surface area contributed by atoms with Gasteiger partial charge in [0.25, 0.3) is 5.91 Å². The topological polar surface area (TPSA) is 75.6 Å². The SMILES string of the molecule is O=C(COc1ccc(F)cc1F)N[C@]1(C(=O)O)CCSC1. The Bertz CT molecular complexity index is 561. The van der Waals surface area contributed by atoms with Crippen molar-refractivity contribution in [1.82, 2.24) is 5.32 Å². The summed E-state index contributed by atoms with van der Waals surface area (Å²) in [7, 11) is 0. The predicted octanol–water partition coefficient (Wildman–Crippen LogP) is 1.42. The normalized spacial score (nSPS) is 21.0. The van der Waals surface area contributed by atoms with Crippen LogP contribution in [0.4, 0.5) is 8.78 Å². The molecule has 1 aromatic carbocycles. The van der Waals surface area contributed by atoms with Crippen molar-refractivity contribution in [3.05, 3.63) is 29.8 Å². The zero-order valence-electron chi connectivity index (χ0n) is 10.9. The molecule has 0 radical (unpaired) electrons. The Balaban J connectivity index is 1.94. The van der Waals surface area contributed by atoms with Crippen molar-refractivity contribution in [2.24, 2.45) is 0 Å². The molecule has 1 fully saturated rings. The van der Waals surface area contributed by atoms with E-state index in [4.69, 9.17) is 4.74 Å². The summed E-state index contributed by atoms with van der Waals surface area (Å²) in [5.41, 5.74) is -1.30. The lowest BCUT2D eigenvalue weighted by molar-refractivity contribution is -0.146. The van der Waals surface area contributed by atoms with Gasteiger partial charge >= 0.3 is 5.97 Å². The number of nitrogens with one attached hydrogen (secondary N) is 1. The van der Waals surface area contributed by atoms with Crippen molar-refractivity contribution in [2.75, 3.05) is 18.1 Å². The first kappa shape index (κ1) is 15.6. The highest BCUT2D eigenvalue weighted by Crippen LogP contribution is 2.28. The van der Waals surface area contributed by atoms with Crippen LogP contribution in [0.1, 0.15) is 6.42 Å². The first-order valence-corrected chi connectivity index (χ1v) is 7.28. The molecule has 114 valence electrons. The molecule has 0 saturated carbocycles. The summed E-state index contributed by atoms with van der Waals surface area (Å²) >= 11 is 1.43. The molecule has 0 bridgehead atoms. The van der Waals surface area contributed by atoms with Crippen molar-refractivity contribution >= 4 is 23.6 Å². The number of thioether (sulfide) groups is 1. The number of rotatable bonds is 5. The monoisotopic (exact) mass is 317 g/mol. The molecule has 21 heavy (non-hydrogen) atoms. The molecule has 1 heterocycles. The van der Waals surface area contributed by atoms with Crippen molar-refractivity contribution in [2.45, 2.75) is 12.0 Å². The number of halogens is 2. The van der Waals surface area contributed by atoms with Crippen LogP contribution in [0.2, 0.25) is 0 Å². The summed E-state index contributed by atoms with van der Waals surface area (Å²) in [6, 6.07) is 2.71. The number of ether oxygens (including phenoxy) is 1. The average molecular weight is 317 g/mol. The standard InChI is InChI=1S/C13H13F2NO4S/c14-8-1-2-10(9(15)5-8)20-6-11(17)16-13(12(18)19)3-4-21-7-13/h1-2,5H,3-4,6-7H2,(H,16,17)(H,18,19)/t13-/m1/s1. The van der Waals surface area contributed by atoms with Crippen molar-refractivity contribution in [3.63, 3.8) is 0 Å². The number of aliphatic carboxylic acids is 1. The summed E-state index contributed by atoms with van der Waals surface area (Å²) in [5, 5.41) is 11.6.